The second kappa shape index (κ2) is 28.0. The van der Waals surface area contributed by atoms with Crippen molar-refractivity contribution in [2.45, 2.75) is 139 Å². The molecule has 442 valence electrons. The molecule has 0 aromatic heterocycles. The number of nitrogens with two attached hydrogens (primary N) is 3. The molecule has 0 spiro atoms. The van der Waals surface area contributed by atoms with Crippen LogP contribution in [0.2, 0.25) is 0 Å². The number of benzene rings is 3. The van der Waals surface area contributed by atoms with E-state index in [0.29, 0.717) is 30.4 Å². The lowest BCUT2D eigenvalue weighted by Crippen LogP contribution is -2.61. The minimum absolute atomic E-state index is 0.00725. The van der Waals surface area contributed by atoms with Gasteiger partial charge in [0.1, 0.15) is 48.3 Å². The van der Waals surface area contributed by atoms with Gasteiger partial charge < -0.3 is 58.5 Å². The maximum atomic E-state index is 15.2. The first-order valence-electron chi connectivity index (χ1n) is 27.6. The summed E-state index contributed by atoms with van der Waals surface area (Å²) in [7, 11) is 0. The predicted octanol–water partition coefficient (Wildman–Crippen LogP) is 1.13. The first-order valence-corrected chi connectivity index (χ1v) is 28.7. The molecule has 10 amide bonds. The molecule has 3 aromatic rings. The monoisotopic (exact) mass is 1160 g/mol. The van der Waals surface area contributed by atoms with Crippen molar-refractivity contribution < 1.29 is 61.1 Å². The van der Waals surface area contributed by atoms with Crippen LogP contribution in [0.15, 0.2) is 78.9 Å². The highest BCUT2D eigenvalue weighted by Crippen LogP contribution is 2.38. The number of carbonyl (C=O) groups excluding carboxylic acids is 10. The van der Waals surface area contributed by atoms with E-state index in [2.05, 4.69) is 26.6 Å². The van der Waals surface area contributed by atoms with Crippen LogP contribution < -0.4 is 43.8 Å². The number of alkyl halides is 3. The molecular formula is C57H72F3N11O10S. The zero-order valence-corrected chi connectivity index (χ0v) is 46.6. The summed E-state index contributed by atoms with van der Waals surface area (Å²) in [4.78, 5) is 146. The molecule has 25 heteroatoms. The van der Waals surface area contributed by atoms with Crippen LogP contribution in [0.25, 0.3) is 0 Å². The SMILES string of the molecule is CC(C)C[C@@H]1NC(=O)[C@@H]2C[C@@H](C(F)(F)F)CN2C(=O)[C@H](Cc2ccccc2)NC(=O)CSC[C@@H](C(N)=O)NC(=O)[C@H](Cc2ccc(C(N)=O)cc2)NC(=O)[C@@H]2Cc3ccccc3CN2C(=O)[C@@H]2CCCN2C(=O)[C@H](CCCCN)NC1=O. The summed E-state index contributed by atoms with van der Waals surface area (Å²) in [6.07, 6.45) is -4.85. The van der Waals surface area contributed by atoms with Crippen LogP contribution in [-0.4, -0.2) is 159 Å². The molecule has 3 fully saturated rings. The number of amides is 10. The molecular weight excluding hydrogens is 1090 g/mol. The normalized spacial score (nSPS) is 25.8. The van der Waals surface area contributed by atoms with Crippen molar-refractivity contribution >= 4 is 70.8 Å². The minimum atomic E-state index is -4.86. The van der Waals surface area contributed by atoms with Gasteiger partial charge in [-0.2, -0.15) is 13.2 Å². The van der Waals surface area contributed by atoms with E-state index >= 15 is 4.79 Å². The van der Waals surface area contributed by atoms with E-state index in [1.807, 2.05) is 0 Å². The maximum Gasteiger partial charge on any atom is 0.393 e. The van der Waals surface area contributed by atoms with E-state index in [1.54, 1.807) is 68.4 Å². The van der Waals surface area contributed by atoms with Gasteiger partial charge in [0.05, 0.1) is 11.7 Å². The Morgan fingerprint density at radius 2 is 1.27 bits per heavy atom. The molecule has 3 saturated heterocycles. The Hall–Kier alpha value is -7.54. The summed E-state index contributed by atoms with van der Waals surface area (Å²) in [5.41, 5.74) is 19.7. The van der Waals surface area contributed by atoms with Gasteiger partial charge in [-0.15, -0.1) is 11.8 Å². The molecule has 0 aliphatic carbocycles. The number of hydrogen-bond donors (Lipinski definition) is 8. The average Bonchev–Trinajstić information content (AvgIpc) is 3.67. The third-order valence-corrected chi connectivity index (χ3v) is 16.3. The Labute approximate surface area is 477 Å². The van der Waals surface area contributed by atoms with Gasteiger partial charge in [-0.25, -0.2) is 0 Å². The van der Waals surface area contributed by atoms with Crippen molar-refractivity contribution in [1.29, 1.82) is 0 Å². The van der Waals surface area contributed by atoms with Crippen LogP contribution in [0, 0.1) is 11.8 Å². The lowest BCUT2D eigenvalue weighted by molar-refractivity contribution is -0.171. The molecule has 0 bridgehead atoms. The number of carbonyl (C=O) groups is 10. The Morgan fingerprint density at radius 1 is 0.659 bits per heavy atom. The Morgan fingerprint density at radius 3 is 1.93 bits per heavy atom. The first-order chi connectivity index (χ1) is 39.0. The standard InChI is InChI=1S/C57H72F3N11O10S/c1-32(2)23-40-50(75)65-39(15-8-9-21-61)54(79)69-22-10-16-44(69)56(81)70-28-37-14-7-6-13-36(37)26-45(70)52(77)67-41(24-34-17-19-35(20-18-34)48(62)73)51(76)68-43(49(63)74)30-82-31-47(72)64-42(25-33-11-4-3-5-12-33)55(80)71-29-38(57(58,59)60)27-46(71)53(78)66-40/h3-7,11-14,17-20,32,38-46H,8-10,15-16,21-31,61H2,1-2H3,(H2,62,73)(H2,63,74)(H,64,72)(H,65,75)(H,66,78)(H,67,77)(H,68,76)/t38-,39+,40+,41+,42+,43+,44+,45+,46+/m1/s1. The Balaban J connectivity index is 1.28. The molecule has 0 radical (unpaired) electrons. The van der Waals surface area contributed by atoms with Gasteiger partial charge in [0.15, 0.2) is 0 Å². The number of unbranched alkanes of at least 4 members (excludes halogenated alkanes) is 1. The summed E-state index contributed by atoms with van der Waals surface area (Å²) < 4.78 is 44.0. The molecule has 4 aliphatic rings. The van der Waals surface area contributed by atoms with Gasteiger partial charge in [-0.1, -0.05) is 80.6 Å². The molecule has 7 rings (SSSR count). The molecule has 3 aromatic carbocycles. The van der Waals surface area contributed by atoms with Crippen LogP contribution in [-0.2, 0) is 69.0 Å². The van der Waals surface area contributed by atoms with Gasteiger partial charge in [-0.3, -0.25) is 47.9 Å². The summed E-state index contributed by atoms with van der Waals surface area (Å²) >= 11 is 0.822. The van der Waals surface area contributed by atoms with E-state index in [1.165, 1.54) is 34.1 Å². The Kier molecular flexibility index (Phi) is 21.2. The highest BCUT2D eigenvalue weighted by molar-refractivity contribution is 8.00. The zero-order chi connectivity index (χ0) is 59.4. The lowest BCUT2D eigenvalue weighted by atomic mass is 9.92. The number of fused-ring (bicyclic) bond motifs is 4. The fraction of sp³-hybridized carbons (Fsp3) is 0.509. The maximum absolute atomic E-state index is 15.2. The van der Waals surface area contributed by atoms with E-state index < -0.39 is 138 Å². The molecule has 9 atom stereocenters. The van der Waals surface area contributed by atoms with Crippen LogP contribution >= 0.6 is 11.8 Å². The second-order valence-corrected chi connectivity index (χ2v) is 22.8. The third kappa shape index (κ3) is 15.9. The van der Waals surface area contributed by atoms with Crippen molar-refractivity contribution in [3.63, 3.8) is 0 Å². The number of thioether (sulfide) groups is 1. The lowest BCUT2D eigenvalue weighted by Gasteiger charge is -2.40. The van der Waals surface area contributed by atoms with Crippen LogP contribution in [0.3, 0.4) is 0 Å². The molecule has 21 nitrogen and oxygen atoms in total. The average molecular weight is 1160 g/mol. The highest BCUT2D eigenvalue weighted by atomic mass is 32.2. The van der Waals surface area contributed by atoms with Crippen molar-refractivity contribution in [1.82, 2.24) is 41.3 Å². The topological polar surface area (TPSA) is 319 Å². The van der Waals surface area contributed by atoms with E-state index in [-0.39, 0.29) is 75.4 Å². The van der Waals surface area contributed by atoms with Gasteiger partial charge in [0.25, 0.3) is 0 Å². The van der Waals surface area contributed by atoms with Crippen molar-refractivity contribution in [3.05, 3.63) is 107 Å². The van der Waals surface area contributed by atoms with Crippen molar-refractivity contribution in [2.24, 2.45) is 29.0 Å². The molecule has 0 saturated carbocycles. The first kappa shape index (κ1) is 62.1. The smallest absolute Gasteiger partial charge is 0.368 e. The number of nitrogens with zero attached hydrogens (tertiary/aromatic N) is 3. The summed E-state index contributed by atoms with van der Waals surface area (Å²) in [6.45, 7) is 2.81. The number of hydrogen-bond acceptors (Lipinski definition) is 12. The molecule has 4 aliphatic heterocycles. The van der Waals surface area contributed by atoms with Crippen molar-refractivity contribution in [2.75, 3.05) is 31.1 Å². The van der Waals surface area contributed by atoms with Gasteiger partial charge in [0, 0.05) is 50.2 Å². The fourth-order valence-electron chi connectivity index (χ4n) is 11.0. The minimum Gasteiger partial charge on any atom is -0.368 e. The van der Waals surface area contributed by atoms with E-state index in [9.17, 15) is 56.3 Å². The summed E-state index contributed by atoms with van der Waals surface area (Å²) in [5, 5.41) is 13.4. The van der Waals surface area contributed by atoms with E-state index in [0.717, 1.165) is 27.8 Å². The molecule has 11 N–H and O–H groups in total. The predicted molar refractivity (Wildman–Crippen MR) is 296 cm³/mol. The van der Waals surface area contributed by atoms with E-state index in [4.69, 9.17) is 17.2 Å². The van der Waals surface area contributed by atoms with Crippen LogP contribution in [0.4, 0.5) is 13.2 Å². The number of halogens is 3. The molecule has 0 unspecified atom stereocenters. The second-order valence-electron chi connectivity index (χ2n) is 21.8. The van der Waals surface area contributed by atoms with Gasteiger partial charge >= 0.3 is 6.18 Å². The highest BCUT2D eigenvalue weighted by Gasteiger charge is 2.52. The number of primary amides is 2. The third-order valence-electron chi connectivity index (χ3n) is 15.3. The summed E-state index contributed by atoms with van der Waals surface area (Å²) in [5.74, 6) is -11.6. The van der Waals surface area contributed by atoms with Crippen molar-refractivity contribution in [3.8, 4) is 0 Å². The molecule has 4 heterocycles. The quantitative estimate of drug-likeness (QED) is 0.118. The zero-order valence-electron chi connectivity index (χ0n) is 45.8. The molecule has 82 heavy (non-hydrogen) atoms. The van der Waals surface area contributed by atoms with Crippen LogP contribution in [0.5, 0.6) is 0 Å². The van der Waals surface area contributed by atoms with Gasteiger partial charge in [0.2, 0.25) is 59.1 Å². The Bertz CT molecular complexity index is 2850. The number of nitrogens with one attached hydrogen (secondary N) is 5. The van der Waals surface area contributed by atoms with Gasteiger partial charge in [-0.05, 0) is 91.8 Å². The fourth-order valence-corrected chi connectivity index (χ4v) is 11.8. The van der Waals surface area contributed by atoms with Crippen LogP contribution in [0.1, 0.15) is 91.4 Å². The summed E-state index contributed by atoms with van der Waals surface area (Å²) in [6, 6.07) is 10.0. The number of rotatable bonds is 12. The largest absolute Gasteiger partial charge is 0.393 e.